The molecule has 2 aliphatic carbocycles. The van der Waals surface area contributed by atoms with E-state index in [2.05, 4.69) is 20.8 Å². The van der Waals surface area contributed by atoms with Crippen molar-refractivity contribution in [3.63, 3.8) is 0 Å². The van der Waals surface area contributed by atoms with Gasteiger partial charge in [-0.05, 0) is 63.6 Å². The number of non-ortho nitro benzene ring substituents is 1. The van der Waals surface area contributed by atoms with Gasteiger partial charge in [0.25, 0.3) is 11.6 Å². The van der Waals surface area contributed by atoms with Gasteiger partial charge in [-0.3, -0.25) is 19.7 Å². The Hall–Kier alpha value is -3.78. The normalized spacial score (nSPS) is 15.5. The topological polar surface area (TPSA) is 158 Å². The van der Waals surface area contributed by atoms with Crippen molar-refractivity contribution in [3.05, 3.63) is 61.8 Å². The molecule has 2 N–H and O–H groups in total. The van der Waals surface area contributed by atoms with E-state index in [0.717, 1.165) is 61.8 Å². The Morgan fingerprint density at radius 1 is 1.14 bits per heavy atom. The third-order valence-corrected chi connectivity index (χ3v) is 9.98. The summed E-state index contributed by atoms with van der Waals surface area (Å²) in [6, 6.07) is 5.55. The summed E-state index contributed by atoms with van der Waals surface area (Å²) in [7, 11) is 0. The van der Waals surface area contributed by atoms with Gasteiger partial charge in [-0.25, -0.2) is 4.79 Å². The van der Waals surface area contributed by atoms with E-state index in [1.165, 1.54) is 47.4 Å². The first kappa shape index (κ1) is 30.7. The van der Waals surface area contributed by atoms with Crippen LogP contribution in [0.15, 0.2) is 29.4 Å². The van der Waals surface area contributed by atoms with Gasteiger partial charge in [0, 0.05) is 28.6 Å². The standard InChI is InChI=1S/C29H34N6O6S2/c1-3-41-28(38)24-21-10-7-11-22(21)43-27(24)31-25(36)17(2)42-29-33-32-23(34(29)19-8-5-4-6-9-19)16-30-26(37)18-12-14-20(15-13-18)35(39)40/h12-15,17,19H,3-11,16H2,1-2H3,(H,30,37)(H,31,36)/t17-/m0/s1. The van der Waals surface area contributed by atoms with Gasteiger partial charge in [0.15, 0.2) is 11.0 Å². The zero-order valence-corrected chi connectivity index (χ0v) is 25.7. The lowest BCUT2D eigenvalue weighted by molar-refractivity contribution is -0.384. The molecule has 2 amide bonds. The largest absolute Gasteiger partial charge is 0.462 e. The summed E-state index contributed by atoms with van der Waals surface area (Å²) in [5.41, 5.74) is 1.67. The fourth-order valence-electron chi connectivity index (χ4n) is 5.55. The SMILES string of the molecule is CCOC(=O)c1c(NC(=O)[C@H](C)Sc2nnc(CNC(=O)c3ccc([N+](=O)[O-])cc3)n2C2CCCCC2)sc2c1CCC2. The monoisotopic (exact) mass is 626 g/mol. The average Bonchev–Trinajstić information content (AvgIpc) is 3.71. The van der Waals surface area contributed by atoms with Gasteiger partial charge < -0.3 is 19.9 Å². The average molecular weight is 627 g/mol. The van der Waals surface area contributed by atoms with E-state index in [9.17, 15) is 24.5 Å². The molecule has 0 bridgehead atoms. The van der Waals surface area contributed by atoms with Gasteiger partial charge in [-0.1, -0.05) is 31.0 Å². The molecule has 1 fully saturated rings. The van der Waals surface area contributed by atoms with Crippen molar-refractivity contribution in [2.75, 3.05) is 11.9 Å². The molecule has 0 saturated heterocycles. The van der Waals surface area contributed by atoms with Crippen LogP contribution < -0.4 is 10.6 Å². The predicted octanol–water partition coefficient (Wildman–Crippen LogP) is 5.47. The minimum Gasteiger partial charge on any atom is -0.462 e. The Labute approximate surface area is 257 Å². The molecule has 228 valence electrons. The second kappa shape index (κ2) is 13.7. The summed E-state index contributed by atoms with van der Waals surface area (Å²) >= 11 is 2.74. The number of amides is 2. The van der Waals surface area contributed by atoms with Crippen molar-refractivity contribution in [1.82, 2.24) is 20.1 Å². The number of rotatable bonds is 11. The number of aryl methyl sites for hydroxylation is 1. The fourth-order valence-corrected chi connectivity index (χ4v) is 7.77. The maximum Gasteiger partial charge on any atom is 0.341 e. The van der Waals surface area contributed by atoms with Crippen molar-refractivity contribution in [3.8, 4) is 0 Å². The maximum atomic E-state index is 13.4. The quantitative estimate of drug-likeness (QED) is 0.122. The number of aromatic nitrogens is 3. The molecule has 2 aromatic heterocycles. The maximum absolute atomic E-state index is 13.4. The van der Waals surface area contributed by atoms with Gasteiger partial charge in [-0.15, -0.1) is 21.5 Å². The Bertz CT molecular complexity index is 1510. The van der Waals surface area contributed by atoms with E-state index < -0.39 is 16.1 Å². The van der Waals surface area contributed by atoms with Gasteiger partial charge >= 0.3 is 5.97 Å². The van der Waals surface area contributed by atoms with E-state index >= 15 is 0 Å². The van der Waals surface area contributed by atoms with Crippen LogP contribution in [0.1, 0.15) is 95.4 Å². The molecule has 0 aliphatic heterocycles. The summed E-state index contributed by atoms with van der Waals surface area (Å²) in [6.45, 7) is 3.93. The number of hydrogen-bond acceptors (Lipinski definition) is 10. The summed E-state index contributed by atoms with van der Waals surface area (Å²) in [5, 5.41) is 26.1. The summed E-state index contributed by atoms with van der Waals surface area (Å²) in [6.07, 6.45) is 7.85. The lowest BCUT2D eigenvalue weighted by atomic mass is 9.95. The molecular formula is C29H34N6O6S2. The highest BCUT2D eigenvalue weighted by atomic mass is 32.2. The van der Waals surface area contributed by atoms with Crippen LogP contribution in [0.25, 0.3) is 0 Å². The highest BCUT2D eigenvalue weighted by Gasteiger charge is 2.31. The zero-order valence-electron chi connectivity index (χ0n) is 24.1. The molecule has 3 aromatic rings. The van der Waals surface area contributed by atoms with E-state index in [0.29, 0.717) is 27.1 Å². The number of nitrogens with zero attached hydrogens (tertiary/aromatic N) is 4. The molecule has 5 rings (SSSR count). The number of esters is 1. The van der Waals surface area contributed by atoms with Gasteiger partial charge in [0.1, 0.15) is 5.00 Å². The Morgan fingerprint density at radius 3 is 2.58 bits per heavy atom. The third kappa shape index (κ3) is 6.90. The number of carbonyl (C=O) groups excluding carboxylic acids is 3. The Balaban J connectivity index is 1.30. The number of anilines is 1. The Morgan fingerprint density at radius 2 is 1.88 bits per heavy atom. The number of hydrogen-bond donors (Lipinski definition) is 2. The van der Waals surface area contributed by atoms with Gasteiger partial charge in [0.05, 0.1) is 28.9 Å². The molecule has 1 aromatic carbocycles. The molecular weight excluding hydrogens is 592 g/mol. The minimum absolute atomic E-state index is 0.0892. The number of thiophene rings is 1. The number of thioether (sulfide) groups is 1. The first-order valence-electron chi connectivity index (χ1n) is 14.5. The van der Waals surface area contributed by atoms with Crippen molar-refractivity contribution in [1.29, 1.82) is 0 Å². The molecule has 43 heavy (non-hydrogen) atoms. The van der Waals surface area contributed by atoms with Crippen LogP contribution in [0, 0.1) is 10.1 Å². The van der Waals surface area contributed by atoms with Crippen LogP contribution in [-0.2, 0) is 28.9 Å². The number of nitro groups is 1. The molecule has 12 nitrogen and oxygen atoms in total. The van der Waals surface area contributed by atoms with Crippen molar-refractivity contribution in [2.24, 2.45) is 0 Å². The van der Waals surface area contributed by atoms with E-state index in [-0.39, 0.29) is 36.7 Å². The molecule has 1 atom stereocenters. The third-order valence-electron chi connectivity index (χ3n) is 7.71. The van der Waals surface area contributed by atoms with Crippen LogP contribution in [0.2, 0.25) is 0 Å². The number of nitro benzene ring substituents is 1. The smallest absolute Gasteiger partial charge is 0.341 e. The molecule has 2 heterocycles. The lowest BCUT2D eigenvalue weighted by Gasteiger charge is -2.26. The summed E-state index contributed by atoms with van der Waals surface area (Å²) in [5.74, 6) is -0.455. The summed E-state index contributed by atoms with van der Waals surface area (Å²) < 4.78 is 7.33. The first-order valence-corrected chi connectivity index (χ1v) is 16.2. The zero-order chi connectivity index (χ0) is 30.5. The van der Waals surface area contributed by atoms with Gasteiger partial charge in [-0.2, -0.15) is 0 Å². The van der Waals surface area contributed by atoms with Crippen molar-refractivity contribution < 1.29 is 24.0 Å². The van der Waals surface area contributed by atoms with E-state index in [1.807, 2.05) is 4.57 Å². The molecule has 0 unspecified atom stereocenters. The highest BCUT2D eigenvalue weighted by Crippen LogP contribution is 2.40. The molecule has 0 radical (unpaired) electrons. The summed E-state index contributed by atoms with van der Waals surface area (Å²) in [4.78, 5) is 50.4. The number of carbonyl (C=O) groups is 3. The van der Waals surface area contributed by atoms with Crippen LogP contribution in [-0.4, -0.2) is 49.3 Å². The molecule has 2 aliphatic rings. The molecule has 14 heteroatoms. The fraction of sp³-hybridized carbons (Fsp3) is 0.483. The number of ether oxygens (including phenoxy) is 1. The van der Waals surface area contributed by atoms with E-state index in [1.54, 1.807) is 13.8 Å². The minimum atomic E-state index is -0.541. The molecule has 0 spiro atoms. The van der Waals surface area contributed by atoms with Crippen LogP contribution in [0.4, 0.5) is 10.7 Å². The van der Waals surface area contributed by atoms with Crippen LogP contribution >= 0.6 is 23.1 Å². The predicted molar refractivity (Wildman–Crippen MR) is 163 cm³/mol. The van der Waals surface area contributed by atoms with Crippen molar-refractivity contribution in [2.45, 2.75) is 88.2 Å². The lowest BCUT2D eigenvalue weighted by Crippen LogP contribution is -2.27. The number of benzene rings is 1. The number of fused-ring (bicyclic) bond motifs is 1. The van der Waals surface area contributed by atoms with Crippen molar-refractivity contribution >= 4 is 51.6 Å². The highest BCUT2D eigenvalue weighted by molar-refractivity contribution is 8.00. The molecule has 1 saturated carbocycles. The van der Waals surface area contributed by atoms with Crippen LogP contribution in [0.3, 0.4) is 0 Å². The second-order valence-corrected chi connectivity index (χ2v) is 13.0. The second-order valence-electron chi connectivity index (χ2n) is 10.6. The number of nitrogens with one attached hydrogen (secondary N) is 2. The van der Waals surface area contributed by atoms with E-state index in [4.69, 9.17) is 4.74 Å². The first-order chi connectivity index (χ1) is 20.8. The van der Waals surface area contributed by atoms with Crippen LogP contribution in [0.5, 0.6) is 0 Å². The Kier molecular flexibility index (Phi) is 9.76. The van der Waals surface area contributed by atoms with Gasteiger partial charge in [0.2, 0.25) is 5.91 Å².